The van der Waals surface area contributed by atoms with Crippen molar-refractivity contribution < 1.29 is 19.1 Å². The summed E-state index contributed by atoms with van der Waals surface area (Å²) in [7, 11) is 0. The minimum absolute atomic E-state index is 0.00383. The van der Waals surface area contributed by atoms with Crippen LogP contribution in [0, 0.1) is 11.2 Å². The van der Waals surface area contributed by atoms with E-state index in [1.54, 1.807) is 6.92 Å². The van der Waals surface area contributed by atoms with E-state index in [4.69, 9.17) is 23.2 Å². The van der Waals surface area contributed by atoms with Crippen molar-refractivity contribution in [2.45, 2.75) is 19.8 Å². The number of hydrogen-bond donors (Lipinski definition) is 1. The Morgan fingerprint density at radius 3 is 2.57 bits per heavy atom. The second kappa shape index (κ2) is 5.81. The lowest BCUT2D eigenvalue weighted by Crippen LogP contribution is -2.36. The summed E-state index contributed by atoms with van der Waals surface area (Å²) >= 11 is 11.5. The molecule has 0 radical (unpaired) electrons. The molecular formula is C14H14Cl2FNO3. The molecule has 0 aliphatic carbocycles. The number of rotatable bonds is 3. The van der Waals surface area contributed by atoms with Crippen LogP contribution in [0.15, 0.2) is 12.1 Å². The van der Waals surface area contributed by atoms with Gasteiger partial charge in [-0.2, -0.15) is 0 Å². The average molecular weight is 334 g/mol. The first kappa shape index (κ1) is 16.0. The summed E-state index contributed by atoms with van der Waals surface area (Å²) in [6, 6.07) is 2.16. The molecule has 1 aliphatic heterocycles. The number of aliphatic carboxylic acids is 1. The zero-order chi connectivity index (χ0) is 15.8. The van der Waals surface area contributed by atoms with Crippen molar-refractivity contribution in [2.75, 3.05) is 13.1 Å². The highest BCUT2D eigenvalue weighted by Crippen LogP contribution is 2.36. The first-order valence-electron chi connectivity index (χ1n) is 6.48. The maximum Gasteiger partial charge on any atom is 0.311 e. The number of carbonyl (C=O) groups is 2. The normalized spacial score (nSPS) is 21.6. The maximum absolute atomic E-state index is 13.5. The van der Waals surface area contributed by atoms with Gasteiger partial charge in [0, 0.05) is 13.1 Å². The molecule has 1 fully saturated rings. The van der Waals surface area contributed by atoms with E-state index in [0.717, 1.165) is 6.07 Å². The van der Waals surface area contributed by atoms with E-state index in [0.29, 0.717) is 19.4 Å². The van der Waals surface area contributed by atoms with Crippen LogP contribution in [-0.4, -0.2) is 35.0 Å². The molecule has 2 rings (SSSR count). The van der Waals surface area contributed by atoms with Crippen molar-refractivity contribution in [2.24, 2.45) is 5.41 Å². The highest BCUT2D eigenvalue weighted by Gasteiger charge is 2.45. The fraction of sp³-hybridized carbons (Fsp3) is 0.429. The number of likely N-dealkylation sites (tertiary alicyclic amines) is 1. The molecule has 0 spiro atoms. The van der Waals surface area contributed by atoms with Gasteiger partial charge in [-0.1, -0.05) is 30.1 Å². The van der Waals surface area contributed by atoms with Gasteiger partial charge in [-0.3, -0.25) is 9.59 Å². The SMILES string of the molecule is CCC1(C(=O)O)CCN(C(=O)c2cc(F)c(Cl)cc2Cl)C1. The summed E-state index contributed by atoms with van der Waals surface area (Å²) in [6.07, 6.45) is 0.799. The Bertz CT molecular complexity index is 608. The van der Waals surface area contributed by atoms with Crippen molar-refractivity contribution in [3.05, 3.63) is 33.6 Å². The molecule has 1 saturated heterocycles. The summed E-state index contributed by atoms with van der Waals surface area (Å²) < 4.78 is 13.5. The van der Waals surface area contributed by atoms with Crippen LogP contribution in [-0.2, 0) is 4.79 Å². The minimum Gasteiger partial charge on any atom is -0.481 e. The monoisotopic (exact) mass is 333 g/mol. The van der Waals surface area contributed by atoms with Gasteiger partial charge in [-0.15, -0.1) is 0 Å². The highest BCUT2D eigenvalue weighted by atomic mass is 35.5. The van der Waals surface area contributed by atoms with E-state index >= 15 is 0 Å². The van der Waals surface area contributed by atoms with Crippen molar-refractivity contribution >= 4 is 35.1 Å². The molecule has 0 bridgehead atoms. The smallest absolute Gasteiger partial charge is 0.311 e. The van der Waals surface area contributed by atoms with Crippen LogP contribution in [0.25, 0.3) is 0 Å². The first-order chi connectivity index (χ1) is 9.80. The summed E-state index contributed by atoms with van der Waals surface area (Å²) in [5, 5.41) is 9.22. The molecule has 1 heterocycles. The minimum atomic E-state index is -0.937. The lowest BCUT2D eigenvalue weighted by molar-refractivity contribution is -0.148. The molecule has 7 heteroatoms. The van der Waals surface area contributed by atoms with Gasteiger partial charge in [0.15, 0.2) is 0 Å². The number of halogens is 3. The van der Waals surface area contributed by atoms with Gasteiger partial charge in [0.1, 0.15) is 5.82 Å². The Labute approximate surface area is 131 Å². The van der Waals surface area contributed by atoms with Crippen LogP contribution < -0.4 is 0 Å². The van der Waals surface area contributed by atoms with E-state index in [-0.39, 0.29) is 22.2 Å². The number of benzene rings is 1. The number of nitrogens with zero attached hydrogens (tertiary/aromatic N) is 1. The van der Waals surface area contributed by atoms with E-state index < -0.39 is 23.1 Å². The molecule has 1 unspecified atom stereocenters. The zero-order valence-corrected chi connectivity index (χ0v) is 12.8. The summed E-state index contributed by atoms with van der Waals surface area (Å²) in [4.78, 5) is 25.2. The molecule has 0 aromatic heterocycles. The van der Waals surface area contributed by atoms with Crippen molar-refractivity contribution in [3.8, 4) is 0 Å². The topological polar surface area (TPSA) is 57.6 Å². The molecule has 0 saturated carbocycles. The lowest BCUT2D eigenvalue weighted by Gasteiger charge is -2.23. The molecule has 1 N–H and O–H groups in total. The zero-order valence-electron chi connectivity index (χ0n) is 11.3. The van der Waals surface area contributed by atoms with E-state index in [2.05, 4.69) is 0 Å². The Balaban J connectivity index is 2.27. The van der Waals surface area contributed by atoms with Crippen LogP contribution in [0.3, 0.4) is 0 Å². The maximum atomic E-state index is 13.5. The number of carboxylic acid groups (broad SMARTS) is 1. The lowest BCUT2D eigenvalue weighted by atomic mass is 9.84. The predicted molar refractivity (Wildman–Crippen MR) is 77.3 cm³/mol. The van der Waals surface area contributed by atoms with Gasteiger partial charge in [0.25, 0.3) is 5.91 Å². The third-order valence-electron chi connectivity index (χ3n) is 4.01. The van der Waals surface area contributed by atoms with E-state index in [9.17, 15) is 19.1 Å². The van der Waals surface area contributed by atoms with Gasteiger partial charge in [-0.25, -0.2) is 4.39 Å². The van der Waals surface area contributed by atoms with Crippen LogP contribution in [0.5, 0.6) is 0 Å². The van der Waals surface area contributed by atoms with Crippen LogP contribution >= 0.6 is 23.2 Å². The van der Waals surface area contributed by atoms with E-state index in [1.807, 2.05) is 0 Å². The fourth-order valence-corrected chi connectivity index (χ4v) is 2.98. The largest absolute Gasteiger partial charge is 0.481 e. The third-order valence-corrected chi connectivity index (χ3v) is 4.61. The molecule has 1 aromatic rings. The Morgan fingerprint density at radius 1 is 1.38 bits per heavy atom. The highest BCUT2D eigenvalue weighted by molar-refractivity contribution is 6.36. The Kier molecular flexibility index (Phi) is 4.44. The fourth-order valence-electron chi connectivity index (χ4n) is 2.52. The number of carboxylic acids is 1. The first-order valence-corrected chi connectivity index (χ1v) is 7.23. The molecule has 114 valence electrons. The third kappa shape index (κ3) is 2.85. The molecule has 4 nitrogen and oxygen atoms in total. The van der Waals surface area contributed by atoms with Crippen molar-refractivity contribution in [1.82, 2.24) is 4.90 Å². The number of carbonyl (C=O) groups excluding carboxylic acids is 1. The van der Waals surface area contributed by atoms with Gasteiger partial charge in [0.05, 0.1) is 21.0 Å². The summed E-state index contributed by atoms with van der Waals surface area (Å²) in [6.45, 7) is 2.18. The molecule has 21 heavy (non-hydrogen) atoms. The van der Waals surface area contributed by atoms with Gasteiger partial charge in [-0.05, 0) is 25.0 Å². The van der Waals surface area contributed by atoms with E-state index in [1.165, 1.54) is 11.0 Å². The van der Waals surface area contributed by atoms with Gasteiger partial charge in [0.2, 0.25) is 0 Å². The van der Waals surface area contributed by atoms with Crippen LogP contribution in [0.4, 0.5) is 4.39 Å². The molecule has 1 aromatic carbocycles. The van der Waals surface area contributed by atoms with Crippen molar-refractivity contribution in [1.29, 1.82) is 0 Å². The van der Waals surface area contributed by atoms with Crippen LogP contribution in [0.2, 0.25) is 10.0 Å². The second-order valence-electron chi connectivity index (χ2n) is 5.16. The second-order valence-corrected chi connectivity index (χ2v) is 5.98. The summed E-state index contributed by atoms with van der Waals surface area (Å²) in [5.41, 5.74) is -0.941. The molecule has 1 atom stereocenters. The average Bonchev–Trinajstić information content (AvgIpc) is 2.88. The Morgan fingerprint density at radius 2 is 2.05 bits per heavy atom. The quantitative estimate of drug-likeness (QED) is 0.862. The van der Waals surface area contributed by atoms with Gasteiger partial charge < -0.3 is 10.0 Å². The van der Waals surface area contributed by atoms with Crippen molar-refractivity contribution in [3.63, 3.8) is 0 Å². The Hall–Kier alpha value is -1.33. The number of hydrogen-bond acceptors (Lipinski definition) is 2. The van der Waals surface area contributed by atoms with Gasteiger partial charge >= 0.3 is 5.97 Å². The molecular weight excluding hydrogens is 320 g/mol. The standard InChI is InChI=1S/C14H14Cl2FNO3/c1-2-14(13(20)21)3-4-18(7-14)12(19)8-5-11(17)10(16)6-9(8)15/h5-6H,2-4,7H2,1H3,(H,20,21). The predicted octanol–water partition coefficient (Wildman–Crippen LogP) is 3.46. The molecule has 1 aliphatic rings. The molecule has 1 amide bonds. The van der Waals surface area contributed by atoms with Crippen LogP contribution in [0.1, 0.15) is 30.1 Å². The summed E-state index contributed by atoms with van der Waals surface area (Å²) in [5.74, 6) is -2.13. The number of amides is 1.